The third-order valence-electron chi connectivity index (χ3n) is 3.52. The summed E-state index contributed by atoms with van der Waals surface area (Å²) in [4.78, 5) is 13.8. The van der Waals surface area contributed by atoms with Crippen LogP contribution < -0.4 is 5.32 Å². The van der Waals surface area contributed by atoms with Crippen LogP contribution in [0.5, 0.6) is 0 Å². The summed E-state index contributed by atoms with van der Waals surface area (Å²) in [6.45, 7) is 2.83. The second kappa shape index (κ2) is 6.13. The lowest BCUT2D eigenvalue weighted by molar-refractivity contribution is 0.107. The SMILES string of the molecule is O=C(NCc1ccc(Cl)cc1)N1CC(Cn2ccnn2)C1. The minimum Gasteiger partial charge on any atom is -0.334 e. The summed E-state index contributed by atoms with van der Waals surface area (Å²) in [5.74, 6) is 0.452. The highest BCUT2D eigenvalue weighted by Gasteiger charge is 2.30. The van der Waals surface area contributed by atoms with E-state index < -0.39 is 0 Å². The van der Waals surface area contributed by atoms with Crippen LogP contribution >= 0.6 is 11.6 Å². The largest absolute Gasteiger partial charge is 0.334 e. The summed E-state index contributed by atoms with van der Waals surface area (Å²) in [6.07, 6.45) is 3.50. The first kappa shape index (κ1) is 13.9. The molecule has 3 rings (SSSR count). The molecule has 0 aliphatic carbocycles. The molecule has 110 valence electrons. The molecule has 0 saturated carbocycles. The Kier molecular flexibility index (Phi) is 4.06. The molecular weight excluding hydrogens is 290 g/mol. The lowest BCUT2D eigenvalue weighted by Crippen LogP contribution is -2.54. The van der Waals surface area contributed by atoms with Gasteiger partial charge in [-0.05, 0) is 17.7 Å². The fourth-order valence-electron chi connectivity index (χ4n) is 2.34. The van der Waals surface area contributed by atoms with Gasteiger partial charge in [0.05, 0.1) is 6.20 Å². The van der Waals surface area contributed by atoms with E-state index in [1.807, 2.05) is 30.5 Å². The highest BCUT2D eigenvalue weighted by molar-refractivity contribution is 6.30. The minimum absolute atomic E-state index is 0.0280. The molecule has 1 fully saturated rings. The molecule has 0 unspecified atom stereocenters. The second-order valence-electron chi connectivity index (χ2n) is 5.18. The van der Waals surface area contributed by atoms with Gasteiger partial charge in [-0.2, -0.15) is 0 Å². The lowest BCUT2D eigenvalue weighted by atomic mass is 10.0. The van der Waals surface area contributed by atoms with E-state index >= 15 is 0 Å². The summed E-state index contributed by atoms with van der Waals surface area (Å²) in [5.41, 5.74) is 1.03. The number of rotatable bonds is 4. The van der Waals surface area contributed by atoms with Gasteiger partial charge in [-0.15, -0.1) is 5.10 Å². The van der Waals surface area contributed by atoms with Crippen molar-refractivity contribution >= 4 is 17.6 Å². The molecule has 7 heteroatoms. The van der Waals surface area contributed by atoms with Crippen LogP contribution in [0.4, 0.5) is 4.79 Å². The van der Waals surface area contributed by atoms with Gasteiger partial charge in [0, 0.05) is 43.3 Å². The van der Waals surface area contributed by atoms with Crippen LogP contribution in [0, 0.1) is 5.92 Å². The average Bonchev–Trinajstić information content (AvgIpc) is 2.94. The Bertz CT molecular complexity index is 592. The fraction of sp³-hybridized carbons (Fsp3) is 0.357. The van der Waals surface area contributed by atoms with E-state index in [9.17, 15) is 4.79 Å². The molecule has 6 nitrogen and oxygen atoms in total. The number of hydrogen-bond donors (Lipinski definition) is 1. The first-order chi connectivity index (χ1) is 10.2. The number of carbonyl (C=O) groups excluding carboxylic acids is 1. The molecule has 1 aliphatic rings. The summed E-state index contributed by atoms with van der Waals surface area (Å²) < 4.78 is 1.80. The number of carbonyl (C=O) groups is 1. The molecule has 1 saturated heterocycles. The van der Waals surface area contributed by atoms with Crippen LogP contribution in [0.2, 0.25) is 5.02 Å². The number of halogens is 1. The Morgan fingerprint density at radius 1 is 1.33 bits per heavy atom. The number of nitrogens with one attached hydrogen (secondary N) is 1. The molecule has 0 atom stereocenters. The Balaban J connectivity index is 1.40. The zero-order valence-corrected chi connectivity index (χ0v) is 12.2. The van der Waals surface area contributed by atoms with Crippen LogP contribution in [-0.2, 0) is 13.1 Å². The van der Waals surface area contributed by atoms with E-state index in [1.54, 1.807) is 15.8 Å². The molecule has 2 amide bonds. The molecule has 0 bridgehead atoms. The molecule has 1 N–H and O–H groups in total. The van der Waals surface area contributed by atoms with Gasteiger partial charge in [-0.1, -0.05) is 28.9 Å². The summed E-state index contributed by atoms with van der Waals surface area (Å²) in [6, 6.07) is 7.43. The predicted molar refractivity (Wildman–Crippen MR) is 78.8 cm³/mol. The molecule has 2 heterocycles. The summed E-state index contributed by atoms with van der Waals surface area (Å²) >= 11 is 5.82. The summed E-state index contributed by atoms with van der Waals surface area (Å²) in [7, 11) is 0. The average molecular weight is 306 g/mol. The molecule has 0 spiro atoms. The predicted octanol–water partition coefficient (Wildman–Crippen LogP) is 1.77. The van der Waals surface area contributed by atoms with Crippen molar-refractivity contribution in [2.75, 3.05) is 13.1 Å². The van der Waals surface area contributed by atoms with Crippen molar-refractivity contribution in [3.8, 4) is 0 Å². The van der Waals surface area contributed by atoms with Crippen molar-refractivity contribution in [3.05, 3.63) is 47.2 Å². The van der Waals surface area contributed by atoms with Gasteiger partial charge in [0.25, 0.3) is 0 Å². The zero-order chi connectivity index (χ0) is 14.7. The van der Waals surface area contributed by atoms with E-state index in [4.69, 9.17) is 11.6 Å². The Hall–Kier alpha value is -2.08. The normalized spacial score (nSPS) is 14.8. The van der Waals surface area contributed by atoms with Gasteiger partial charge >= 0.3 is 6.03 Å². The molecule has 21 heavy (non-hydrogen) atoms. The number of likely N-dealkylation sites (tertiary alicyclic amines) is 1. The maximum Gasteiger partial charge on any atom is 0.317 e. The zero-order valence-electron chi connectivity index (χ0n) is 11.4. The van der Waals surface area contributed by atoms with Crippen molar-refractivity contribution in [2.24, 2.45) is 5.92 Å². The third kappa shape index (κ3) is 3.52. The van der Waals surface area contributed by atoms with E-state index in [1.165, 1.54) is 0 Å². The number of nitrogens with zero attached hydrogens (tertiary/aromatic N) is 4. The molecule has 1 aromatic carbocycles. The quantitative estimate of drug-likeness (QED) is 0.936. The Labute approximate surface area is 127 Å². The van der Waals surface area contributed by atoms with Gasteiger partial charge < -0.3 is 10.2 Å². The minimum atomic E-state index is -0.0280. The van der Waals surface area contributed by atoms with Gasteiger partial charge in [0.2, 0.25) is 0 Å². The topological polar surface area (TPSA) is 63.1 Å². The van der Waals surface area contributed by atoms with Gasteiger partial charge in [0.1, 0.15) is 0 Å². The fourth-order valence-corrected chi connectivity index (χ4v) is 2.46. The monoisotopic (exact) mass is 305 g/mol. The molecule has 1 aromatic heterocycles. The maximum atomic E-state index is 12.0. The smallest absolute Gasteiger partial charge is 0.317 e. The summed E-state index contributed by atoms with van der Waals surface area (Å²) in [5, 5.41) is 11.3. The highest BCUT2D eigenvalue weighted by Crippen LogP contribution is 2.17. The second-order valence-corrected chi connectivity index (χ2v) is 5.62. The standard InChI is InChI=1S/C14H16ClN5O/c15-13-3-1-11(2-4-13)7-16-14(21)19-8-12(9-19)10-20-6-5-17-18-20/h1-6,12H,7-10H2,(H,16,21). The van der Waals surface area contributed by atoms with Crippen LogP contribution in [-0.4, -0.2) is 39.0 Å². The number of amides is 2. The number of benzene rings is 1. The number of urea groups is 1. The van der Waals surface area contributed by atoms with E-state index in [0.29, 0.717) is 17.5 Å². The van der Waals surface area contributed by atoms with Gasteiger partial charge in [-0.3, -0.25) is 4.68 Å². The van der Waals surface area contributed by atoms with E-state index in [-0.39, 0.29) is 6.03 Å². The van der Waals surface area contributed by atoms with E-state index in [0.717, 1.165) is 25.2 Å². The maximum absolute atomic E-state index is 12.0. The Morgan fingerprint density at radius 3 is 2.76 bits per heavy atom. The third-order valence-corrected chi connectivity index (χ3v) is 3.77. The first-order valence-electron chi connectivity index (χ1n) is 6.82. The van der Waals surface area contributed by atoms with Crippen molar-refractivity contribution < 1.29 is 4.79 Å². The Morgan fingerprint density at radius 2 is 2.10 bits per heavy atom. The molecular formula is C14H16ClN5O. The highest BCUT2D eigenvalue weighted by atomic mass is 35.5. The molecule has 1 aliphatic heterocycles. The van der Waals surface area contributed by atoms with Crippen molar-refractivity contribution in [1.82, 2.24) is 25.2 Å². The van der Waals surface area contributed by atoms with Crippen molar-refractivity contribution in [1.29, 1.82) is 0 Å². The van der Waals surface area contributed by atoms with Crippen LogP contribution in [0.3, 0.4) is 0 Å². The van der Waals surface area contributed by atoms with Crippen LogP contribution in [0.15, 0.2) is 36.7 Å². The molecule has 0 radical (unpaired) electrons. The van der Waals surface area contributed by atoms with Gasteiger partial charge in [-0.25, -0.2) is 4.79 Å². The number of hydrogen-bond acceptors (Lipinski definition) is 3. The van der Waals surface area contributed by atoms with Crippen molar-refractivity contribution in [3.63, 3.8) is 0 Å². The van der Waals surface area contributed by atoms with Crippen LogP contribution in [0.25, 0.3) is 0 Å². The first-order valence-corrected chi connectivity index (χ1v) is 7.20. The van der Waals surface area contributed by atoms with Crippen molar-refractivity contribution in [2.45, 2.75) is 13.1 Å². The van der Waals surface area contributed by atoms with Gasteiger partial charge in [0.15, 0.2) is 0 Å². The van der Waals surface area contributed by atoms with Crippen LogP contribution in [0.1, 0.15) is 5.56 Å². The lowest BCUT2D eigenvalue weighted by Gasteiger charge is -2.38. The number of aromatic nitrogens is 3. The van der Waals surface area contributed by atoms with E-state index in [2.05, 4.69) is 15.6 Å². The molecule has 2 aromatic rings.